The van der Waals surface area contributed by atoms with Gasteiger partial charge >= 0.3 is 0 Å². The smallest absolute Gasteiger partial charge is 0.219 e. The van der Waals surface area contributed by atoms with Crippen LogP contribution in [0.1, 0.15) is 132 Å². The van der Waals surface area contributed by atoms with Crippen LogP contribution in [0.25, 0.3) is 16.9 Å². The average molecular weight is 656 g/mol. The Bertz CT molecular complexity index is 1830. The standard InChI is InChI=1S/C44H53N3O2/c1-5-6-7-8-9-10-11-12-13-14-15-16-17-33-18-20-34(21-19-33)31-40-43(49)47-32-41(36-24-26-37(27-25-36)44(2,3)4)45-39(42(47)46-40)30-35-22-28-38(48)29-23-35/h18-29,32,48-49H,5-15,30-31H2,1-4H3. The number of benzene rings is 3. The highest BCUT2D eigenvalue weighted by molar-refractivity contribution is 5.64. The molecule has 0 aliphatic carbocycles. The maximum absolute atomic E-state index is 11.5. The number of fused-ring (bicyclic) bond motifs is 1. The minimum Gasteiger partial charge on any atom is -0.508 e. The van der Waals surface area contributed by atoms with E-state index in [9.17, 15) is 10.2 Å². The fourth-order valence-corrected chi connectivity index (χ4v) is 6.23. The number of phenols is 1. The lowest BCUT2D eigenvalue weighted by Gasteiger charge is -2.19. The molecule has 49 heavy (non-hydrogen) atoms. The number of nitrogens with zero attached hydrogens (tertiary/aromatic N) is 3. The van der Waals surface area contributed by atoms with Crippen molar-refractivity contribution in [1.29, 1.82) is 0 Å². The van der Waals surface area contributed by atoms with Crippen molar-refractivity contribution in [1.82, 2.24) is 14.4 Å². The summed E-state index contributed by atoms with van der Waals surface area (Å²) in [5.74, 6) is 7.02. The predicted octanol–water partition coefficient (Wildman–Crippen LogP) is 10.9. The van der Waals surface area contributed by atoms with Crippen molar-refractivity contribution < 1.29 is 10.2 Å². The highest BCUT2D eigenvalue weighted by atomic mass is 16.3. The van der Waals surface area contributed by atoms with Crippen LogP contribution in [0, 0.1) is 11.8 Å². The van der Waals surface area contributed by atoms with Gasteiger partial charge in [0.1, 0.15) is 11.4 Å². The van der Waals surface area contributed by atoms with Gasteiger partial charge < -0.3 is 10.2 Å². The van der Waals surface area contributed by atoms with E-state index in [-0.39, 0.29) is 17.0 Å². The van der Waals surface area contributed by atoms with E-state index in [0.29, 0.717) is 24.2 Å². The first-order chi connectivity index (χ1) is 23.7. The third-order valence-corrected chi connectivity index (χ3v) is 9.29. The van der Waals surface area contributed by atoms with Crippen LogP contribution < -0.4 is 0 Å². The van der Waals surface area contributed by atoms with Gasteiger partial charge in [-0.25, -0.2) is 9.97 Å². The van der Waals surface area contributed by atoms with Crippen LogP contribution in [-0.2, 0) is 18.3 Å². The molecule has 3 aromatic carbocycles. The third kappa shape index (κ3) is 10.2. The fourth-order valence-electron chi connectivity index (χ4n) is 6.23. The second-order valence-corrected chi connectivity index (χ2v) is 14.4. The van der Waals surface area contributed by atoms with Gasteiger partial charge in [0.15, 0.2) is 5.65 Å². The Hall–Kier alpha value is -4.56. The normalized spacial score (nSPS) is 11.5. The molecule has 2 aromatic heterocycles. The topological polar surface area (TPSA) is 70.7 Å². The molecule has 0 unspecified atom stereocenters. The van der Waals surface area contributed by atoms with E-state index in [1.807, 2.05) is 18.3 Å². The summed E-state index contributed by atoms with van der Waals surface area (Å²) in [6.07, 6.45) is 17.2. The minimum absolute atomic E-state index is 0.0503. The van der Waals surface area contributed by atoms with Gasteiger partial charge in [0, 0.05) is 36.6 Å². The molecule has 0 radical (unpaired) electrons. The van der Waals surface area contributed by atoms with Gasteiger partial charge in [-0.1, -0.05) is 146 Å². The van der Waals surface area contributed by atoms with Crippen molar-refractivity contribution in [3.05, 3.63) is 113 Å². The van der Waals surface area contributed by atoms with Crippen LogP contribution in [0.3, 0.4) is 0 Å². The molecule has 0 saturated carbocycles. The Morgan fingerprint density at radius 2 is 1.22 bits per heavy atom. The molecule has 0 aliphatic rings. The lowest BCUT2D eigenvalue weighted by Crippen LogP contribution is -2.10. The summed E-state index contributed by atoms with van der Waals surface area (Å²) >= 11 is 0. The first kappa shape index (κ1) is 35.7. The van der Waals surface area contributed by atoms with Crippen LogP contribution in [-0.4, -0.2) is 24.6 Å². The second-order valence-electron chi connectivity index (χ2n) is 14.4. The van der Waals surface area contributed by atoms with Gasteiger partial charge in [-0.2, -0.15) is 0 Å². The quantitative estimate of drug-likeness (QED) is 0.0870. The Labute approximate surface area is 293 Å². The maximum Gasteiger partial charge on any atom is 0.219 e. The predicted molar refractivity (Wildman–Crippen MR) is 202 cm³/mol. The molecule has 5 heteroatoms. The van der Waals surface area contributed by atoms with Crippen molar-refractivity contribution in [2.45, 2.75) is 117 Å². The van der Waals surface area contributed by atoms with E-state index in [0.717, 1.165) is 40.1 Å². The monoisotopic (exact) mass is 655 g/mol. The molecule has 2 heterocycles. The molecule has 0 bridgehead atoms. The molecular formula is C44H53N3O2. The van der Waals surface area contributed by atoms with E-state index < -0.39 is 0 Å². The maximum atomic E-state index is 11.5. The number of hydrogen-bond acceptors (Lipinski definition) is 4. The summed E-state index contributed by atoms with van der Waals surface area (Å²) in [4.78, 5) is 9.97. The molecule has 0 saturated heterocycles. The molecule has 256 valence electrons. The number of hydrogen-bond donors (Lipinski definition) is 2. The van der Waals surface area contributed by atoms with Gasteiger partial charge in [0.25, 0.3) is 0 Å². The van der Waals surface area contributed by atoms with E-state index in [2.05, 4.69) is 88.1 Å². The van der Waals surface area contributed by atoms with Gasteiger partial charge in [0.2, 0.25) is 5.88 Å². The number of imidazole rings is 1. The average Bonchev–Trinajstić information content (AvgIpc) is 3.41. The Balaban J connectivity index is 1.26. The molecule has 0 amide bonds. The zero-order chi connectivity index (χ0) is 34.6. The number of aromatic nitrogens is 3. The van der Waals surface area contributed by atoms with Crippen molar-refractivity contribution in [3.63, 3.8) is 0 Å². The van der Waals surface area contributed by atoms with E-state index in [1.165, 1.54) is 69.8 Å². The second kappa shape index (κ2) is 17.2. The third-order valence-electron chi connectivity index (χ3n) is 9.29. The lowest BCUT2D eigenvalue weighted by molar-refractivity contribution is 0.442. The first-order valence-corrected chi connectivity index (χ1v) is 18.3. The minimum atomic E-state index is 0.0503. The Kier molecular flexibility index (Phi) is 12.5. The Morgan fingerprint density at radius 1 is 0.653 bits per heavy atom. The highest BCUT2D eigenvalue weighted by Crippen LogP contribution is 2.30. The molecule has 5 rings (SSSR count). The van der Waals surface area contributed by atoms with Crippen LogP contribution in [0.4, 0.5) is 0 Å². The van der Waals surface area contributed by atoms with Crippen molar-refractivity contribution >= 4 is 5.65 Å². The zero-order valence-electron chi connectivity index (χ0n) is 29.9. The molecular weight excluding hydrogens is 603 g/mol. The zero-order valence-corrected chi connectivity index (χ0v) is 29.9. The fraction of sp³-hybridized carbons (Fsp3) is 0.409. The van der Waals surface area contributed by atoms with Gasteiger partial charge in [-0.3, -0.25) is 4.40 Å². The molecule has 5 nitrogen and oxygen atoms in total. The molecule has 0 aliphatic heterocycles. The molecule has 5 aromatic rings. The lowest BCUT2D eigenvalue weighted by atomic mass is 9.86. The molecule has 2 N–H and O–H groups in total. The van der Waals surface area contributed by atoms with Gasteiger partial charge in [0.05, 0.1) is 11.4 Å². The van der Waals surface area contributed by atoms with E-state index in [1.54, 1.807) is 16.5 Å². The van der Waals surface area contributed by atoms with Crippen molar-refractivity contribution in [3.8, 4) is 34.7 Å². The number of aromatic hydroxyl groups is 2. The summed E-state index contributed by atoms with van der Waals surface area (Å²) in [6.45, 7) is 8.88. The Morgan fingerprint density at radius 3 is 1.84 bits per heavy atom. The largest absolute Gasteiger partial charge is 0.508 e. The number of rotatable bonds is 15. The van der Waals surface area contributed by atoms with E-state index in [4.69, 9.17) is 9.97 Å². The summed E-state index contributed by atoms with van der Waals surface area (Å²) in [6, 6.07) is 23.9. The summed E-state index contributed by atoms with van der Waals surface area (Å²) in [5.41, 5.74) is 8.11. The summed E-state index contributed by atoms with van der Waals surface area (Å²) in [5, 5.41) is 21.3. The van der Waals surface area contributed by atoms with Crippen molar-refractivity contribution in [2.24, 2.45) is 0 Å². The van der Waals surface area contributed by atoms with Crippen molar-refractivity contribution in [2.75, 3.05) is 0 Å². The summed E-state index contributed by atoms with van der Waals surface area (Å²) < 4.78 is 1.76. The van der Waals surface area contributed by atoms with Crippen LogP contribution >= 0.6 is 0 Å². The van der Waals surface area contributed by atoms with Crippen LogP contribution in [0.2, 0.25) is 0 Å². The van der Waals surface area contributed by atoms with Gasteiger partial charge in [-0.05, 0) is 52.8 Å². The number of phenolic OH excluding ortho intramolecular Hbond substituents is 1. The van der Waals surface area contributed by atoms with Crippen LogP contribution in [0.15, 0.2) is 79.0 Å². The highest BCUT2D eigenvalue weighted by Gasteiger charge is 2.19. The first-order valence-electron chi connectivity index (χ1n) is 18.3. The molecule has 0 spiro atoms. The SMILES string of the molecule is CCCCCCCCCCCCC#Cc1ccc(Cc2nc3c(Cc4ccc(O)cc4)nc(-c4ccc(C(C)(C)C)cc4)cn3c2O)cc1. The van der Waals surface area contributed by atoms with Crippen LogP contribution in [0.5, 0.6) is 11.6 Å². The van der Waals surface area contributed by atoms with Gasteiger partial charge in [-0.15, -0.1) is 0 Å². The summed E-state index contributed by atoms with van der Waals surface area (Å²) in [7, 11) is 0. The molecule has 0 atom stereocenters. The molecule has 0 fully saturated rings. The number of unbranched alkanes of at least 4 members (excludes halogenated alkanes) is 10. The van der Waals surface area contributed by atoms with E-state index >= 15 is 0 Å².